The van der Waals surface area contributed by atoms with Gasteiger partial charge in [-0.3, -0.25) is 4.79 Å². The van der Waals surface area contributed by atoms with Crippen LogP contribution in [-0.2, 0) is 12.0 Å². The van der Waals surface area contributed by atoms with E-state index in [1.165, 1.54) is 4.68 Å². The van der Waals surface area contributed by atoms with E-state index in [0.717, 1.165) is 15.6 Å². The lowest BCUT2D eigenvalue weighted by molar-refractivity contribution is 0.0697. The molecule has 0 aliphatic rings. The minimum absolute atomic E-state index is 0.220. The van der Waals surface area contributed by atoms with Crippen molar-refractivity contribution in [3.05, 3.63) is 101 Å². The number of fused-ring (bicyclic) bond motifs is 1. The number of carboxylic acids is 1. The second-order valence-electron chi connectivity index (χ2n) is 9.31. The Morgan fingerprint density at radius 1 is 1.05 bits per heavy atom. The first-order chi connectivity index (χ1) is 17.4. The van der Waals surface area contributed by atoms with E-state index in [-0.39, 0.29) is 17.7 Å². The quantitative estimate of drug-likeness (QED) is 0.217. The molecule has 0 radical (unpaired) electrons. The number of carboxylic acid groups (broad SMARTS) is 1. The number of carbonyl (C=O) groups is 1. The van der Waals surface area contributed by atoms with Crippen molar-refractivity contribution < 1.29 is 14.6 Å². The lowest BCUT2D eigenvalue weighted by Gasteiger charge is -2.21. The van der Waals surface area contributed by atoms with Gasteiger partial charge in [-0.25, -0.2) is 9.78 Å². The summed E-state index contributed by atoms with van der Waals surface area (Å²) in [6.07, 6.45) is 1.60. The smallest absolute Gasteiger partial charge is 0.335 e. The Morgan fingerprint density at radius 2 is 1.70 bits per heavy atom. The van der Waals surface area contributed by atoms with Gasteiger partial charge in [0.05, 0.1) is 31.6 Å². The molecule has 10 heteroatoms. The largest absolute Gasteiger partial charge is 0.487 e. The molecule has 0 amide bonds. The second-order valence-corrected chi connectivity index (χ2v) is 11.9. The average Bonchev–Trinajstić information content (AvgIpc) is 2.83. The van der Waals surface area contributed by atoms with Crippen molar-refractivity contribution in [3.63, 3.8) is 0 Å². The number of aromatic carboxylic acids is 1. The molecule has 0 spiro atoms. The number of hydrogen-bond donors (Lipinski definition) is 1. The van der Waals surface area contributed by atoms with E-state index in [1.54, 1.807) is 36.5 Å². The number of hydrogen-bond acceptors (Lipinski definition) is 5. The van der Waals surface area contributed by atoms with E-state index >= 15 is 0 Å². The van der Waals surface area contributed by atoms with Crippen LogP contribution in [0.3, 0.4) is 0 Å². The zero-order chi connectivity index (χ0) is 26.9. The first kappa shape index (κ1) is 27.2. The molecular weight excluding hydrogens is 670 g/mol. The third-order valence-electron chi connectivity index (χ3n) is 5.41. The van der Waals surface area contributed by atoms with Gasteiger partial charge in [-0.05, 0) is 85.5 Å². The maximum absolute atomic E-state index is 13.4. The van der Waals surface area contributed by atoms with Gasteiger partial charge in [-0.2, -0.15) is 9.78 Å². The van der Waals surface area contributed by atoms with Crippen LogP contribution in [0.15, 0.2) is 77.9 Å². The molecule has 0 saturated carbocycles. The predicted octanol–water partition coefficient (Wildman–Crippen LogP) is 7.14. The number of ether oxygens (including phenoxy) is 1. The first-order valence-electron chi connectivity index (χ1n) is 11.2. The van der Waals surface area contributed by atoms with Crippen LogP contribution in [0.2, 0.25) is 0 Å². The van der Waals surface area contributed by atoms with Gasteiger partial charge in [0.15, 0.2) is 0 Å². The molecule has 0 fully saturated rings. The van der Waals surface area contributed by atoms with Crippen molar-refractivity contribution in [1.29, 1.82) is 0 Å². The van der Waals surface area contributed by atoms with Gasteiger partial charge < -0.3 is 9.84 Å². The Bertz CT molecular complexity index is 1570. The molecule has 0 atom stereocenters. The van der Waals surface area contributed by atoms with Crippen molar-refractivity contribution in [1.82, 2.24) is 9.66 Å². The molecule has 1 heterocycles. The fraction of sp³-hybridized carbons (Fsp3) is 0.185. The fourth-order valence-corrected chi connectivity index (χ4v) is 5.37. The molecule has 0 aliphatic carbocycles. The molecule has 0 aliphatic heterocycles. The Balaban J connectivity index is 1.64. The third kappa shape index (κ3) is 6.19. The Kier molecular flexibility index (Phi) is 8.01. The van der Waals surface area contributed by atoms with Crippen LogP contribution < -0.4 is 10.3 Å². The van der Waals surface area contributed by atoms with E-state index < -0.39 is 11.4 Å². The summed E-state index contributed by atoms with van der Waals surface area (Å²) in [6.45, 7) is 6.22. The van der Waals surface area contributed by atoms with Crippen LogP contribution in [0.1, 0.15) is 48.1 Å². The Morgan fingerprint density at radius 3 is 2.30 bits per heavy atom. The van der Waals surface area contributed by atoms with E-state index in [1.807, 2.05) is 45.0 Å². The monoisotopic (exact) mass is 689 g/mol. The van der Waals surface area contributed by atoms with Crippen LogP contribution in [0.5, 0.6) is 5.75 Å². The van der Waals surface area contributed by atoms with Crippen molar-refractivity contribution in [3.8, 4) is 5.75 Å². The van der Waals surface area contributed by atoms with E-state index in [2.05, 4.69) is 52.9 Å². The number of rotatable bonds is 6. The summed E-state index contributed by atoms with van der Waals surface area (Å²) in [7, 11) is 0. The van der Waals surface area contributed by atoms with Crippen LogP contribution in [0, 0.1) is 0 Å². The number of nitrogens with zero attached hydrogens (tertiary/aromatic N) is 3. The molecule has 190 valence electrons. The van der Waals surface area contributed by atoms with Crippen LogP contribution in [-0.4, -0.2) is 27.0 Å². The van der Waals surface area contributed by atoms with Crippen molar-refractivity contribution >= 4 is 70.9 Å². The van der Waals surface area contributed by atoms with Gasteiger partial charge in [0.2, 0.25) is 0 Å². The molecule has 7 nitrogen and oxygen atoms in total. The second kappa shape index (κ2) is 10.9. The summed E-state index contributed by atoms with van der Waals surface area (Å²) >= 11 is 10.5. The maximum atomic E-state index is 13.4. The molecule has 4 aromatic rings. The highest BCUT2D eigenvalue weighted by atomic mass is 79.9. The summed E-state index contributed by atoms with van der Waals surface area (Å²) in [5.74, 6) is 0.166. The predicted molar refractivity (Wildman–Crippen MR) is 155 cm³/mol. The summed E-state index contributed by atoms with van der Waals surface area (Å²) in [6, 6.07) is 15.6. The summed E-state index contributed by atoms with van der Waals surface area (Å²) in [4.78, 5) is 29.1. The highest BCUT2D eigenvalue weighted by Crippen LogP contribution is 2.35. The highest BCUT2D eigenvalue weighted by Gasteiger charge is 2.23. The van der Waals surface area contributed by atoms with Crippen LogP contribution in [0.25, 0.3) is 10.9 Å². The summed E-state index contributed by atoms with van der Waals surface area (Å²) in [5.41, 5.74) is 1.74. The normalized spacial score (nSPS) is 11.8. The van der Waals surface area contributed by atoms with Crippen LogP contribution in [0.4, 0.5) is 0 Å². The van der Waals surface area contributed by atoms with E-state index in [0.29, 0.717) is 31.4 Å². The van der Waals surface area contributed by atoms with Crippen molar-refractivity contribution in [2.24, 2.45) is 5.10 Å². The molecule has 0 bridgehead atoms. The molecule has 37 heavy (non-hydrogen) atoms. The topological polar surface area (TPSA) is 93.8 Å². The average molecular weight is 692 g/mol. The zero-order valence-corrected chi connectivity index (χ0v) is 24.9. The Labute approximate surface area is 238 Å². The number of aromatic nitrogens is 2. The molecule has 0 unspecified atom stereocenters. The van der Waals surface area contributed by atoms with Gasteiger partial charge in [0.25, 0.3) is 5.56 Å². The Hall–Kier alpha value is -2.82. The highest BCUT2D eigenvalue weighted by molar-refractivity contribution is 9.11. The minimum Gasteiger partial charge on any atom is -0.487 e. The van der Waals surface area contributed by atoms with Gasteiger partial charge in [0.1, 0.15) is 18.2 Å². The molecule has 1 aromatic heterocycles. The summed E-state index contributed by atoms with van der Waals surface area (Å²) < 4.78 is 9.48. The zero-order valence-electron chi connectivity index (χ0n) is 20.1. The van der Waals surface area contributed by atoms with Gasteiger partial charge in [0, 0.05) is 9.89 Å². The minimum atomic E-state index is -0.973. The van der Waals surface area contributed by atoms with Gasteiger partial charge in [-0.15, -0.1) is 0 Å². The van der Waals surface area contributed by atoms with Crippen LogP contribution >= 0.6 is 47.8 Å². The molecular formula is C27H22Br3N3O4. The molecule has 3 aromatic carbocycles. The van der Waals surface area contributed by atoms with Gasteiger partial charge in [-0.1, -0.05) is 48.8 Å². The van der Waals surface area contributed by atoms with E-state index in [9.17, 15) is 9.59 Å². The van der Waals surface area contributed by atoms with E-state index in [4.69, 9.17) is 14.8 Å². The lowest BCUT2D eigenvalue weighted by Crippen LogP contribution is -2.29. The SMILES string of the molecule is CC(C)(C)c1nc2ccc(Br)cc2c(=O)n1N=Cc1cc(Br)c(OCc2ccc(C(=O)O)cc2)c(Br)c1. The number of benzene rings is 3. The van der Waals surface area contributed by atoms with Crippen molar-refractivity contribution in [2.45, 2.75) is 32.8 Å². The maximum Gasteiger partial charge on any atom is 0.335 e. The first-order valence-corrected chi connectivity index (χ1v) is 13.5. The fourth-order valence-electron chi connectivity index (χ4n) is 3.56. The lowest BCUT2D eigenvalue weighted by atomic mass is 9.95. The molecule has 1 N–H and O–H groups in total. The summed E-state index contributed by atoms with van der Waals surface area (Å²) in [5, 5.41) is 14.0. The van der Waals surface area contributed by atoms with Crippen molar-refractivity contribution in [2.75, 3.05) is 0 Å². The number of halogens is 3. The van der Waals surface area contributed by atoms with Gasteiger partial charge >= 0.3 is 5.97 Å². The third-order valence-corrected chi connectivity index (χ3v) is 7.08. The molecule has 0 saturated heterocycles. The molecule has 4 rings (SSSR count). The standard InChI is InChI=1S/C27H22Br3N3O4/c1-27(2,3)26-32-22-9-8-18(28)12-19(22)24(34)33(26)31-13-16-10-20(29)23(21(30)11-16)37-14-15-4-6-17(7-5-15)25(35)36/h4-13H,14H2,1-3H3,(H,35,36).